The molecule has 0 saturated heterocycles. The average molecular weight is 149 g/mol. The van der Waals surface area contributed by atoms with Crippen LogP contribution >= 0.6 is 12.6 Å². The predicted molar refractivity (Wildman–Crippen MR) is 42.3 cm³/mol. The summed E-state index contributed by atoms with van der Waals surface area (Å²) in [6.07, 6.45) is 2.67. The Labute approximate surface area is 64.1 Å². The first kappa shape index (κ1) is 5.86. The summed E-state index contributed by atoms with van der Waals surface area (Å²) in [6.45, 7) is 0. The van der Waals surface area contributed by atoms with Gasteiger partial charge in [0, 0.05) is 5.39 Å². The molecule has 2 rings (SSSR count). The Morgan fingerprint density at radius 1 is 1.30 bits per heavy atom. The number of benzene rings is 1. The molecule has 0 bridgehead atoms. The van der Waals surface area contributed by atoms with E-state index in [1.165, 1.54) is 0 Å². The fourth-order valence-corrected chi connectivity index (χ4v) is 1.14. The molecule has 0 spiro atoms. The van der Waals surface area contributed by atoms with Crippen LogP contribution in [0.15, 0.2) is 33.6 Å². The highest BCUT2D eigenvalue weighted by atomic mass is 32.1. The maximum Gasteiger partial charge on any atom is 0.185 e. The van der Waals surface area contributed by atoms with Crippen molar-refractivity contribution in [2.24, 2.45) is 0 Å². The topological polar surface area (TPSA) is 13.1 Å². The molecule has 1 heterocycles. The molecule has 0 N–H and O–H groups in total. The van der Waals surface area contributed by atoms with Crippen molar-refractivity contribution in [1.29, 1.82) is 0 Å². The first-order valence-corrected chi connectivity index (χ1v) is 3.41. The Kier molecular flexibility index (Phi) is 1.21. The fourth-order valence-electron chi connectivity index (χ4n) is 0.910. The Hall–Kier alpha value is -0.890. The van der Waals surface area contributed by atoms with Gasteiger partial charge < -0.3 is 4.42 Å². The van der Waals surface area contributed by atoms with Crippen LogP contribution in [0.1, 0.15) is 0 Å². The number of para-hydroxylation sites is 1. The second-order valence-corrected chi connectivity index (χ2v) is 2.50. The number of hydrogen-bond donors (Lipinski definition) is 1. The fraction of sp³-hybridized carbons (Fsp3) is 0. The van der Waals surface area contributed by atoms with E-state index in [0.29, 0.717) is 0 Å². The average Bonchev–Trinajstić information content (AvgIpc) is 2.34. The first-order chi connectivity index (χ1) is 4.88. The maximum absolute atomic E-state index is 5.05. The minimum atomic E-state index is 0.774. The van der Waals surface area contributed by atoms with Crippen LogP contribution in [0.2, 0.25) is 0 Å². The smallest absolute Gasteiger partial charge is 0.185 e. The van der Waals surface area contributed by atoms with Crippen LogP contribution in [0.5, 0.6) is 0 Å². The number of hydrogen-bond acceptors (Lipinski definition) is 2. The molecule has 2 heteroatoms. The predicted octanol–water partition coefficient (Wildman–Crippen LogP) is 2.52. The minimum absolute atomic E-state index is 0.774. The summed E-state index contributed by atoms with van der Waals surface area (Å²) in [7, 11) is 0. The highest BCUT2D eigenvalue weighted by Gasteiger charge is 1.99. The van der Waals surface area contributed by atoms with E-state index in [9.17, 15) is 0 Å². The molecule has 0 fully saturated rings. The van der Waals surface area contributed by atoms with Crippen molar-refractivity contribution in [3.05, 3.63) is 30.5 Å². The first-order valence-electron chi connectivity index (χ1n) is 2.96. The van der Waals surface area contributed by atoms with Crippen LogP contribution in [-0.4, -0.2) is 0 Å². The van der Waals surface area contributed by atoms with Crippen molar-refractivity contribution in [2.45, 2.75) is 4.90 Å². The van der Waals surface area contributed by atoms with Crippen molar-refractivity contribution in [2.75, 3.05) is 0 Å². The van der Waals surface area contributed by atoms with Gasteiger partial charge in [0.05, 0.1) is 4.90 Å². The largest absolute Gasteiger partial charge is 0.452 e. The third-order valence-electron chi connectivity index (χ3n) is 1.40. The third kappa shape index (κ3) is 0.727. The molecular weight excluding hydrogens is 144 g/mol. The Bertz CT molecular complexity index is 351. The number of fused-ring (bicyclic) bond motifs is 1. The lowest BCUT2D eigenvalue weighted by molar-refractivity contribution is 0.597. The molecule has 1 aromatic carbocycles. The van der Waals surface area contributed by atoms with E-state index in [-0.39, 0.29) is 0 Å². The normalized spacial score (nSPS) is 10.5. The van der Waals surface area contributed by atoms with E-state index in [2.05, 4.69) is 18.9 Å². The van der Waals surface area contributed by atoms with Crippen molar-refractivity contribution in [3.8, 4) is 0 Å². The highest BCUT2D eigenvalue weighted by molar-refractivity contribution is 7.80. The molecule has 10 heavy (non-hydrogen) atoms. The Morgan fingerprint density at radius 2 is 2.10 bits per heavy atom. The highest BCUT2D eigenvalue weighted by Crippen LogP contribution is 2.22. The summed E-state index contributed by atoms with van der Waals surface area (Å²) >= 11 is 4.15. The lowest BCUT2D eigenvalue weighted by Gasteiger charge is -1.83. The van der Waals surface area contributed by atoms with E-state index in [1.54, 1.807) is 0 Å². The van der Waals surface area contributed by atoms with Crippen LogP contribution in [0.25, 0.3) is 11.0 Å². The second-order valence-electron chi connectivity index (χ2n) is 2.05. The zero-order chi connectivity index (χ0) is 6.97. The van der Waals surface area contributed by atoms with Gasteiger partial charge in [-0.3, -0.25) is 0 Å². The summed E-state index contributed by atoms with van der Waals surface area (Å²) in [5.41, 5.74) is 0.840. The second kappa shape index (κ2) is 2.06. The lowest BCUT2D eigenvalue weighted by atomic mass is 10.3. The minimum Gasteiger partial charge on any atom is -0.452 e. The summed E-state index contributed by atoms with van der Waals surface area (Å²) in [5.74, 6) is 0. The lowest BCUT2D eigenvalue weighted by Crippen LogP contribution is -1.60. The van der Waals surface area contributed by atoms with E-state index in [0.717, 1.165) is 15.9 Å². The van der Waals surface area contributed by atoms with E-state index in [1.807, 2.05) is 24.3 Å². The zero-order valence-electron chi connectivity index (χ0n) is 5.16. The number of furan rings is 1. The van der Waals surface area contributed by atoms with Gasteiger partial charge in [-0.05, 0) is 12.1 Å². The molecule has 49 valence electrons. The molecule has 1 nitrogen and oxygen atoms in total. The van der Waals surface area contributed by atoms with Gasteiger partial charge in [0.1, 0.15) is 5.58 Å². The van der Waals surface area contributed by atoms with Crippen LogP contribution in [0, 0.1) is 6.26 Å². The molecule has 0 aliphatic heterocycles. The van der Waals surface area contributed by atoms with Gasteiger partial charge in [-0.2, -0.15) is 0 Å². The summed E-state index contributed by atoms with van der Waals surface area (Å²) in [5, 5.41) is 1.02. The van der Waals surface area contributed by atoms with Crippen molar-refractivity contribution < 1.29 is 4.42 Å². The summed E-state index contributed by atoms with van der Waals surface area (Å²) < 4.78 is 5.05. The van der Waals surface area contributed by atoms with Crippen LogP contribution < -0.4 is 0 Å². The molecule has 0 amide bonds. The van der Waals surface area contributed by atoms with Gasteiger partial charge in [-0.15, -0.1) is 12.6 Å². The Morgan fingerprint density at radius 3 is 2.90 bits per heavy atom. The van der Waals surface area contributed by atoms with Gasteiger partial charge in [-0.1, -0.05) is 12.1 Å². The molecule has 0 unspecified atom stereocenters. The van der Waals surface area contributed by atoms with Gasteiger partial charge in [-0.25, -0.2) is 0 Å². The van der Waals surface area contributed by atoms with Crippen LogP contribution in [0.4, 0.5) is 0 Å². The molecule has 0 atom stereocenters. The quantitative estimate of drug-likeness (QED) is 0.568. The molecule has 0 saturated carbocycles. The summed E-state index contributed by atoms with van der Waals surface area (Å²) in [4.78, 5) is 0.774. The van der Waals surface area contributed by atoms with Crippen molar-refractivity contribution >= 4 is 23.6 Å². The van der Waals surface area contributed by atoms with E-state index >= 15 is 0 Å². The van der Waals surface area contributed by atoms with Crippen LogP contribution in [-0.2, 0) is 0 Å². The van der Waals surface area contributed by atoms with Gasteiger partial charge >= 0.3 is 0 Å². The van der Waals surface area contributed by atoms with Crippen molar-refractivity contribution in [1.82, 2.24) is 0 Å². The molecular formula is C8H5OS. The third-order valence-corrected chi connectivity index (χ3v) is 1.73. The molecule has 2 aromatic rings. The monoisotopic (exact) mass is 149 g/mol. The van der Waals surface area contributed by atoms with Crippen molar-refractivity contribution in [3.63, 3.8) is 0 Å². The van der Waals surface area contributed by atoms with Gasteiger partial charge in [0.2, 0.25) is 0 Å². The maximum atomic E-state index is 5.05. The standard InChI is InChI=1S/C8H5OS/c10-8-5-9-7-4-2-1-3-6(7)8/h1-4,10H. The Balaban J connectivity index is 2.93. The summed E-state index contributed by atoms with van der Waals surface area (Å²) in [6, 6.07) is 7.72. The molecule has 1 aromatic heterocycles. The zero-order valence-corrected chi connectivity index (χ0v) is 6.06. The van der Waals surface area contributed by atoms with E-state index < -0.39 is 0 Å². The molecule has 1 radical (unpaired) electrons. The van der Waals surface area contributed by atoms with Gasteiger partial charge in [0.15, 0.2) is 6.26 Å². The molecule has 0 aliphatic rings. The molecule has 0 aliphatic carbocycles. The number of thiol groups is 1. The van der Waals surface area contributed by atoms with Gasteiger partial charge in [0.25, 0.3) is 0 Å². The SMILES string of the molecule is Sc1[c]oc2ccccc12. The number of rotatable bonds is 0. The van der Waals surface area contributed by atoms with Crippen LogP contribution in [0.3, 0.4) is 0 Å². The van der Waals surface area contributed by atoms with E-state index in [4.69, 9.17) is 4.42 Å².